The van der Waals surface area contributed by atoms with Gasteiger partial charge >= 0.3 is 0 Å². The normalized spacial score (nSPS) is 16.4. The molecule has 29 heavy (non-hydrogen) atoms. The number of halogens is 1. The predicted molar refractivity (Wildman–Crippen MR) is 113 cm³/mol. The highest BCUT2D eigenvalue weighted by Crippen LogP contribution is 2.25. The van der Waals surface area contributed by atoms with Crippen molar-refractivity contribution in [2.24, 2.45) is 0 Å². The van der Waals surface area contributed by atoms with Crippen molar-refractivity contribution in [3.8, 4) is 0 Å². The molecule has 1 aliphatic rings. The minimum absolute atomic E-state index is 0.0531. The quantitative estimate of drug-likeness (QED) is 0.751. The number of benzene rings is 2. The monoisotopic (exact) mass is 436 g/mol. The van der Waals surface area contributed by atoms with Crippen LogP contribution in [0, 0.1) is 6.92 Å². The number of carbonyl (C=O) groups is 1. The maximum absolute atomic E-state index is 12.9. The molecule has 1 amide bonds. The molecule has 8 heteroatoms. The molecular weight excluding hydrogens is 412 g/mol. The number of nitrogens with zero attached hydrogens (tertiary/aromatic N) is 1. The zero-order valence-electron chi connectivity index (χ0n) is 16.5. The molecule has 2 aromatic carbocycles. The lowest BCUT2D eigenvalue weighted by Gasteiger charge is -2.26. The molecule has 0 unspecified atom stereocenters. The lowest BCUT2D eigenvalue weighted by molar-refractivity contribution is 0.0730. The summed E-state index contributed by atoms with van der Waals surface area (Å²) in [5.74, 6) is -0.401. The second-order valence-electron chi connectivity index (χ2n) is 7.00. The van der Waals surface area contributed by atoms with Gasteiger partial charge in [-0.2, -0.15) is 4.31 Å². The first-order valence-corrected chi connectivity index (χ1v) is 11.4. The molecule has 6 nitrogen and oxygen atoms in total. The van der Waals surface area contributed by atoms with Gasteiger partial charge < -0.3 is 10.1 Å². The summed E-state index contributed by atoms with van der Waals surface area (Å²) in [5.41, 5.74) is 2.27. The number of morpholine rings is 1. The molecule has 0 bridgehead atoms. The summed E-state index contributed by atoms with van der Waals surface area (Å²) in [5, 5.41) is 3.18. The standard InChI is InChI=1S/C21H25ClN2O4S/c1-3-20(16-6-4-15(2)5-7-16)23-21(25)18-14-17(8-9-19(18)22)29(26,27)24-10-12-28-13-11-24/h4-9,14,20H,3,10-13H2,1-2H3,(H,23,25)/t20-/m1/s1. The highest BCUT2D eigenvalue weighted by atomic mass is 35.5. The molecule has 0 aromatic heterocycles. The molecule has 1 saturated heterocycles. The van der Waals surface area contributed by atoms with E-state index < -0.39 is 15.9 Å². The highest BCUT2D eigenvalue weighted by molar-refractivity contribution is 7.89. The van der Waals surface area contributed by atoms with E-state index in [0.717, 1.165) is 11.1 Å². The second kappa shape index (κ2) is 9.26. The molecule has 1 aliphatic heterocycles. The van der Waals surface area contributed by atoms with Crippen LogP contribution in [0.5, 0.6) is 0 Å². The summed E-state index contributed by atoms with van der Waals surface area (Å²) in [4.78, 5) is 13.0. The van der Waals surface area contributed by atoms with E-state index in [1.165, 1.54) is 22.5 Å². The van der Waals surface area contributed by atoms with E-state index in [-0.39, 0.29) is 34.6 Å². The largest absolute Gasteiger partial charge is 0.379 e. The molecule has 0 spiro atoms. The number of nitrogens with one attached hydrogen (secondary N) is 1. The van der Waals surface area contributed by atoms with Crippen LogP contribution in [-0.2, 0) is 14.8 Å². The van der Waals surface area contributed by atoms with E-state index in [1.807, 2.05) is 38.1 Å². The molecule has 156 valence electrons. The average molecular weight is 437 g/mol. The van der Waals surface area contributed by atoms with Crippen LogP contribution in [0.25, 0.3) is 0 Å². The Labute approximate surface area is 176 Å². The van der Waals surface area contributed by atoms with Crippen molar-refractivity contribution in [1.29, 1.82) is 0 Å². The number of sulfonamides is 1. The number of ether oxygens (including phenoxy) is 1. The minimum atomic E-state index is -3.71. The van der Waals surface area contributed by atoms with E-state index in [9.17, 15) is 13.2 Å². The van der Waals surface area contributed by atoms with Crippen LogP contribution in [0.2, 0.25) is 5.02 Å². The van der Waals surface area contributed by atoms with Gasteiger partial charge in [-0.3, -0.25) is 4.79 Å². The van der Waals surface area contributed by atoms with Crippen LogP contribution in [-0.4, -0.2) is 44.9 Å². The number of rotatable bonds is 6. The Morgan fingerprint density at radius 2 is 1.83 bits per heavy atom. The fourth-order valence-electron chi connectivity index (χ4n) is 3.23. The van der Waals surface area contributed by atoms with Crippen LogP contribution in [0.15, 0.2) is 47.4 Å². The van der Waals surface area contributed by atoms with Crippen LogP contribution in [0.3, 0.4) is 0 Å². The summed E-state index contributed by atoms with van der Waals surface area (Å²) >= 11 is 6.23. The molecule has 1 heterocycles. The maximum atomic E-state index is 12.9. The summed E-state index contributed by atoms with van der Waals surface area (Å²) in [7, 11) is -3.71. The van der Waals surface area contributed by atoms with Gasteiger partial charge in [0.2, 0.25) is 10.0 Å². The summed E-state index contributed by atoms with van der Waals surface area (Å²) in [6, 6.07) is 12.0. The van der Waals surface area contributed by atoms with Gasteiger partial charge in [-0.15, -0.1) is 0 Å². The smallest absolute Gasteiger partial charge is 0.253 e. The Bertz CT molecular complexity index is 971. The highest BCUT2D eigenvalue weighted by Gasteiger charge is 2.28. The van der Waals surface area contributed by atoms with Crippen molar-refractivity contribution in [3.05, 3.63) is 64.2 Å². The third kappa shape index (κ3) is 4.98. The van der Waals surface area contributed by atoms with Crippen molar-refractivity contribution >= 4 is 27.5 Å². The van der Waals surface area contributed by atoms with Crippen LogP contribution in [0.1, 0.15) is 40.9 Å². The zero-order valence-corrected chi connectivity index (χ0v) is 18.1. The average Bonchev–Trinajstić information content (AvgIpc) is 2.73. The molecule has 0 aliphatic carbocycles. The Hall–Kier alpha value is -1.93. The summed E-state index contributed by atoms with van der Waals surface area (Å²) < 4.78 is 32.4. The van der Waals surface area contributed by atoms with Crippen molar-refractivity contribution in [2.75, 3.05) is 26.3 Å². The Morgan fingerprint density at radius 1 is 1.17 bits per heavy atom. The van der Waals surface area contributed by atoms with Crippen molar-refractivity contribution in [1.82, 2.24) is 9.62 Å². The Morgan fingerprint density at radius 3 is 2.45 bits per heavy atom. The van der Waals surface area contributed by atoms with E-state index in [0.29, 0.717) is 19.6 Å². The van der Waals surface area contributed by atoms with E-state index in [1.54, 1.807) is 0 Å². The fraction of sp³-hybridized carbons (Fsp3) is 0.381. The number of amides is 1. The van der Waals surface area contributed by atoms with E-state index >= 15 is 0 Å². The van der Waals surface area contributed by atoms with Gasteiger partial charge in [-0.25, -0.2) is 8.42 Å². The summed E-state index contributed by atoms with van der Waals surface area (Å²) in [6.07, 6.45) is 0.693. The lowest BCUT2D eigenvalue weighted by Crippen LogP contribution is -2.40. The third-order valence-electron chi connectivity index (χ3n) is 4.98. The van der Waals surface area contributed by atoms with Gasteiger partial charge in [-0.1, -0.05) is 48.4 Å². The lowest BCUT2D eigenvalue weighted by atomic mass is 10.0. The molecule has 0 saturated carbocycles. The Balaban J connectivity index is 1.85. The van der Waals surface area contributed by atoms with Crippen LogP contribution >= 0.6 is 11.6 Å². The number of carbonyl (C=O) groups excluding carboxylic acids is 1. The molecule has 2 aromatic rings. The van der Waals surface area contributed by atoms with E-state index in [2.05, 4.69) is 5.32 Å². The van der Waals surface area contributed by atoms with Crippen molar-refractivity contribution < 1.29 is 17.9 Å². The first-order valence-electron chi connectivity index (χ1n) is 9.58. The molecule has 3 rings (SSSR count). The molecule has 1 N–H and O–H groups in total. The first-order chi connectivity index (χ1) is 13.8. The molecular formula is C21H25ClN2O4S. The predicted octanol–water partition coefficient (Wildman–Crippen LogP) is 3.55. The van der Waals surface area contributed by atoms with Crippen LogP contribution in [0.4, 0.5) is 0 Å². The third-order valence-corrected chi connectivity index (χ3v) is 7.21. The number of hydrogen-bond donors (Lipinski definition) is 1. The van der Waals surface area contributed by atoms with E-state index in [4.69, 9.17) is 16.3 Å². The number of aryl methyl sites for hydroxylation is 1. The van der Waals surface area contributed by atoms with Gasteiger partial charge in [0.1, 0.15) is 0 Å². The SMILES string of the molecule is CC[C@@H](NC(=O)c1cc(S(=O)(=O)N2CCOCC2)ccc1Cl)c1ccc(C)cc1. The maximum Gasteiger partial charge on any atom is 0.253 e. The summed E-state index contributed by atoms with van der Waals surface area (Å²) in [6.45, 7) is 5.27. The molecule has 1 fully saturated rings. The van der Waals surface area contributed by atoms with Gasteiger partial charge in [0.15, 0.2) is 0 Å². The van der Waals surface area contributed by atoms with Crippen molar-refractivity contribution in [3.63, 3.8) is 0 Å². The number of hydrogen-bond acceptors (Lipinski definition) is 4. The molecule has 1 atom stereocenters. The zero-order chi connectivity index (χ0) is 21.0. The van der Waals surface area contributed by atoms with Gasteiger partial charge in [0.05, 0.1) is 34.7 Å². The molecule has 0 radical (unpaired) electrons. The second-order valence-corrected chi connectivity index (χ2v) is 9.35. The topological polar surface area (TPSA) is 75.7 Å². The van der Waals surface area contributed by atoms with Gasteiger partial charge in [0.25, 0.3) is 5.91 Å². The van der Waals surface area contributed by atoms with Crippen molar-refractivity contribution in [2.45, 2.75) is 31.2 Å². The van der Waals surface area contributed by atoms with Crippen LogP contribution < -0.4 is 5.32 Å². The fourth-order valence-corrected chi connectivity index (χ4v) is 4.87. The van der Waals surface area contributed by atoms with Gasteiger partial charge in [-0.05, 0) is 37.1 Å². The first kappa shape index (κ1) is 21.8. The van der Waals surface area contributed by atoms with Gasteiger partial charge in [0, 0.05) is 13.1 Å². The Kier molecular flexibility index (Phi) is 6.95. The minimum Gasteiger partial charge on any atom is -0.379 e.